The van der Waals surface area contributed by atoms with E-state index in [9.17, 15) is 14.4 Å². The predicted octanol–water partition coefficient (Wildman–Crippen LogP) is 4.35. The molecule has 0 spiro atoms. The first-order valence-electron chi connectivity index (χ1n) is 12.2. The molecule has 3 amide bonds. The SMILES string of the molecule is CCOC(=O)c1c(NC(=O)NCC2CCN(C(=O)C3CCCC3)CC2)sc2c1CCCC2. The molecule has 1 aliphatic heterocycles. The molecule has 8 heteroatoms. The maximum atomic E-state index is 12.6. The molecule has 2 heterocycles. The van der Waals surface area contributed by atoms with E-state index in [2.05, 4.69) is 10.6 Å². The lowest BCUT2D eigenvalue weighted by atomic mass is 9.95. The van der Waals surface area contributed by atoms with Gasteiger partial charge in [-0.25, -0.2) is 9.59 Å². The highest BCUT2D eigenvalue weighted by molar-refractivity contribution is 7.17. The molecule has 3 aliphatic rings. The maximum Gasteiger partial charge on any atom is 0.341 e. The Morgan fingerprint density at radius 1 is 1.03 bits per heavy atom. The van der Waals surface area contributed by atoms with Crippen LogP contribution in [0.2, 0.25) is 0 Å². The molecule has 1 saturated heterocycles. The second-order valence-corrected chi connectivity index (χ2v) is 10.3. The Morgan fingerprint density at radius 2 is 1.75 bits per heavy atom. The number of esters is 1. The number of ether oxygens (including phenoxy) is 1. The van der Waals surface area contributed by atoms with Crippen molar-refractivity contribution in [1.29, 1.82) is 0 Å². The third kappa shape index (κ3) is 5.27. The van der Waals surface area contributed by atoms with Gasteiger partial charge in [-0.1, -0.05) is 12.8 Å². The molecule has 0 radical (unpaired) electrons. The molecule has 1 aromatic rings. The Balaban J connectivity index is 1.28. The van der Waals surface area contributed by atoms with E-state index in [0.29, 0.717) is 35.5 Å². The fraction of sp³-hybridized carbons (Fsp3) is 0.708. The number of piperidine rings is 1. The number of anilines is 1. The van der Waals surface area contributed by atoms with Crippen molar-refractivity contribution < 1.29 is 19.1 Å². The number of hydrogen-bond acceptors (Lipinski definition) is 5. The zero-order chi connectivity index (χ0) is 22.5. The summed E-state index contributed by atoms with van der Waals surface area (Å²) in [6.45, 7) is 4.26. The van der Waals surface area contributed by atoms with E-state index in [1.807, 2.05) is 4.90 Å². The van der Waals surface area contributed by atoms with E-state index < -0.39 is 0 Å². The van der Waals surface area contributed by atoms with Gasteiger partial charge in [-0.3, -0.25) is 10.1 Å². The third-order valence-electron chi connectivity index (χ3n) is 7.06. The van der Waals surface area contributed by atoms with E-state index in [1.54, 1.807) is 6.92 Å². The molecular weight excluding hydrogens is 426 g/mol. The van der Waals surface area contributed by atoms with Gasteiger partial charge in [0, 0.05) is 30.4 Å². The number of likely N-dealkylation sites (tertiary alicyclic amines) is 1. The van der Waals surface area contributed by atoms with Crippen molar-refractivity contribution in [2.45, 2.75) is 71.1 Å². The van der Waals surface area contributed by atoms with Crippen molar-refractivity contribution in [3.63, 3.8) is 0 Å². The van der Waals surface area contributed by atoms with Crippen molar-refractivity contribution in [2.75, 3.05) is 31.6 Å². The Kier molecular flexibility index (Phi) is 7.71. The van der Waals surface area contributed by atoms with Crippen LogP contribution in [-0.4, -0.2) is 49.0 Å². The normalized spacial score (nSPS) is 19.5. The fourth-order valence-electron chi connectivity index (χ4n) is 5.25. The lowest BCUT2D eigenvalue weighted by Gasteiger charge is -2.33. The van der Waals surface area contributed by atoms with Crippen LogP contribution in [-0.2, 0) is 22.4 Å². The number of carbonyl (C=O) groups is 3. The van der Waals surface area contributed by atoms with Crippen molar-refractivity contribution >= 4 is 34.2 Å². The summed E-state index contributed by atoms with van der Waals surface area (Å²) in [5.74, 6) is 0.594. The molecule has 176 valence electrons. The topological polar surface area (TPSA) is 87.7 Å². The Morgan fingerprint density at radius 3 is 2.47 bits per heavy atom. The van der Waals surface area contributed by atoms with E-state index >= 15 is 0 Å². The Labute approximate surface area is 194 Å². The molecule has 1 aromatic heterocycles. The van der Waals surface area contributed by atoms with Gasteiger partial charge in [0.1, 0.15) is 5.00 Å². The highest BCUT2D eigenvalue weighted by Gasteiger charge is 2.30. The molecule has 2 fully saturated rings. The molecule has 2 N–H and O–H groups in total. The summed E-state index contributed by atoms with van der Waals surface area (Å²) in [6.07, 6.45) is 10.3. The lowest BCUT2D eigenvalue weighted by molar-refractivity contribution is -0.136. The van der Waals surface area contributed by atoms with Gasteiger partial charge in [-0.2, -0.15) is 0 Å². The fourth-order valence-corrected chi connectivity index (χ4v) is 6.52. The first-order valence-corrected chi connectivity index (χ1v) is 13.0. The number of thiophene rings is 1. The Bertz CT molecular complexity index is 839. The second kappa shape index (κ2) is 10.7. The summed E-state index contributed by atoms with van der Waals surface area (Å²) >= 11 is 1.50. The molecule has 7 nitrogen and oxygen atoms in total. The number of hydrogen-bond donors (Lipinski definition) is 2. The number of nitrogens with zero attached hydrogens (tertiary/aromatic N) is 1. The molecule has 0 atom stereocenters. The lowest BCUT2D eigenvalue weighted by Crippen LogP contribution is -2.44. The monoisotopic (exact) mass is 461 g/mol. The number of urea groups is 1. The molecule has 0 unspecified atom stereocenters. The molecule has 0 bridgehead atoms. The number of aryl methyl sites for hydroxylation is 1. The average molecular weight is 462 g/mol. The molecule has 32 heavy (non-hydrogen) atoms. The molecule has 2 aliphatic carbocycles. The van der Waals surface area contributed by atoms with Crippen molar-refractivity contribution in [2.24, 2.45) is 11.8 Å². The van der Waals surface area contributed by atoms with Crippen LogP contribution in [0.25, 0.3) is 0 Å². The quantitative estimate of drug-likeness (QED) is 0.617. The van der Waals surface area contributed by atoms with Crippen molar-refractivity contribution in [1.82, 2.24) is 10.2 Å². The van der Waals surface area contributed by atoms with E-state index in [-0.39, 0.29) is 17.9 Å². The zero-order valence-corrected chi connectivity index (χ0v) is 19.9. The molecular formula is C24H35N3O4S. The van der Waals surface area contributed by atoms with E-state index in [0.717, 1.165) is 70.0 Å². The van der Waals surface area contributed by atoms with Crippen LogP contribution in [0.4, 0.5) is 9.80 Å². The predicted molar refractivity (Wildman–Crippen MR) is 125 cm³/mol. The summed E-state index contributed by atoms with van der Waals surface area (Å²) in [6, 6.07) is -0.279. The number of carbonyl (C=O) groups excluding carboxylic acids is 3. The summed E-state index contributed by atoms with van der Waals surface area (Å²) in [4.78, 5) is 41.0. The second-order valence-electron chi connectivity index (χ2n) is 9.22. The van der Waals surface area contributed by atoms with Crippen LogP contribution in [0.3, 0.4) is 0 Å². The highest BCUT2D eigenvalue weighted by Crippen LogP contribution is 2.38. The molecule has 1 saturated carbocycles. The minimum absolute atomic E-state index is 0.237. The summed E-state index contributed by atoms with van der Waals surface area (Å²) < 4.78 is 5.26. The van der Waals surface area contributed by atoms with Crippen LogP contribution in [0.1, 0.15) is 79.1 Å². The van der Waals surface area contributed by atoms with Crippen LogP contribution in [0, 0.1) is 11.8 Å². The average Bonchev–Trinajstić information content (AvgIpc) is 3.45. The van der Waals surface area contributed by atoms with Crippen LogP contribution < -0.4 is 10.6 Å². The van der Waals surface area contributed by atoms with Gasteiger partial charge in [-0.15, -0.1) is 11.3 Å². The van der Waals surface area contributed by atoms with Crippen molar-refractivity contribution in [3.05, 3.63) is 16.0 Å². The van der Waals surface area contributed by atoms with Gasteiger partial charge < -0.3 is 15.0 Å². The summed E-state index contributed by atoms with van der Waals surface area (Å²) in [5, 5.41) is 6.50. The van der Waals surface area contributed by atoms with Crippen LogP contribution in [0.15, 0.2) is 0 Å². The van der Waals surface area contributed by atoms with Gasteiger partial charge in [-0.05, 0) is 69.8 Å². The number of amides is 3. The minimum atomic E-state index is -0.346. The highest BCUT2D eigenvalue weighted by atomic mass is 32.1. The van der Waals surface area contributed by atoms with Gasteiger partial charge in [0.25, 0.3) is 0 Å². The maximum absolute atomic E-state index is 12.6. The Hall–Kier alpha value is -2.09. The third-order valence-corrected chi connectivity index (χ3v) is 8.27. The number of nitrogens with one attached hydrogen (secondary N) is 2. The molecule has 4 rings (SSSR count). The largest absolute Gasteiger partial charge is 0.462 e. The standard InChI is InChI=1S/C24H35N3O4S/c1-2-31-23(29)20-18-9-5-6-10-19(18)32-21(20)26-24(30)25-15-16-11-13-27(14-12-16)22(28)17-7-3-4-8-17/h16-17H,2-15H2,1H3,(H2,25,26,30). The minimum Gasteiger partial charge on any atom is -0.462 e. The van der Waals surface area contributed by atoms with Crippen LogP contribution >= 0.6 is 11.3 Å². The first kappa shape index (κ1) is 23.1. The van der Waals surface area contributed by atoms with Gasteiger partial charge in [0.05, 0.1) is 12.2 Å². The first-order chi connectivity index (χ1) is 15.6. The van der Waals surface area contributed by atoms with Crippen LogP contribution in [0.5, 0.6) is 0 Å². The van der Waals surface area contributed by atoms with E-state index in [4.69, 9.17) is 4.74 Å². The van der Waals surface area contributed by atoms with Gasteiger partial charge >= 0.3 is 12.0 Å². The van der Waals surface area contributed by atoms with E-state index in [1.165, 1.54) is 29.1 Å². The number of fused-ring (bicyclic) bond motifs is 1. The smallest absolute Gasteiger partial charge is 0.341 e. The van der Waals surface area contributed by atoms with Crippen molar-refractivity contribution in [3.8, 4) is 0 Å². The number of rotatable bonds is 6. The molecule has 0 aromatic carbocycles. The zero-order valence-electron chi connectivity index (χ0n) is 19.0. The van der Waals surface area contributed by atoms with Gasteiger partial charge in [0.15, 0.2) is 0 Å². The van der Waals surface area contributed by atoms with Gasteiger partial charge in [0.2, 0.25) is 5.91 Å². The summed E-state index contributed by atoms with van der Waals surface area (Å²) in [7, 11) is 0. The summed E-state index contributed by atoms with van der Waals surface area (Å²) in [5.41, 5.74) is 1.59.